The molecule has 1 aromatic rings. The van der Waals surface area contributed by atoms with Gasteiger partial charge in [-0.2, -0.15) is 0 Å². The highest BCUT2D eigenvalue weighted by atomic mass is 28.4. The van der Waals surface area contributed by atoms with Crippen LogP contribution in [-0.2, 0) is 13.3 Å². The Morgan fingerprint density at radius 2 is 1.40 bits per heavy atom. The largest absolute Gasteiger partial charge is 0.532 e. The lowest BCUT2D eigenvalue weighted by molar-refractivity contribution is 0.0803. The van der Waals surface area contributed by atoms with Gasteiger partial charge in [0.1, 0.15) is 0 Å². The summed E-state index contributed by atoms with van der Waals surface area (Å²) in [4.78, 5) is 0. The molecule has 112 valence electrons. The second-order valence-corrected chi connectivity index (χ2v) is 6.91. The van der Waals surface area contributed by atoms with Crippen molar-refractivity contribution < 1.29 is 13.3 Å². The maximum absolute atomic E-state index is 5.96. The highest BCUT2D eigenvalue weighted by molar-refractivity contribution is 6.69. The van der Waals surface area contributed by atoms with E-state index in [-0.39, 0.29) is 0 Å². The second-order valence-electron chi connectivity index (χ2n) is 4.29. The monoisotopic (exact) mass is 294 g/mol. The zero-order chi connectivity index (χ0) is 14.8. The molecule has 0 saturated carbocycles. The lowest BCUT2D eigenvalue weighted by Crippen LogP contribution is -2.48. The van der Waals surface area contributed by atoms with Gasteiger partial charge in [-0.15, -0.1) is 0 Å². The zero-order valence-electron chi connectivity index (χ0n) is 13.0. The van der Waals surface area contributed by atoms with Crippen molar-refractivity contribution in [2.45, 2.75) is 34.1 Å². The Labute approximate surface area is 123 Å². The summed E-state index contributed by atoms with van der Waals surface area (Å²) >= 11 is 0. The van der Waals surface area contributed by atoms with E-state index in [1.807, 2.05) is 39.0 Å². The van der Waals surface area contributed by atoms with Crippen LogP contribution in [-0.4, -0.2) is 28.6 Å². The van der Waals surface area contributed by atoms with Crippen LogP contribution in [0.25, 0.3) is 6.08 Å². The van der Waals surface area contributed by atoms with Crippen LogP contribution in [0, 0.1) is 0 Å². The number of rotatable bonds is 9. The maximum atomic E-state index is 5.96. The third kappa shape index (κ3) is 4.56. The van der Waals surface area contributed by atoms with E-state index < -0.39 is 8.80 Å². The van der Waals surface area contributed by atoms with E-state index >= 15 is 0 Å². The molecule has 0 bridgehead atoms. The second kappa shape index (κ2) is 9.08. The van der Waals surface area contributed by atoms with E-state index in [4.69, 9.17) is 13.3 Å². The average Bonchev–Trinajstić information content (AvgIpc) is 2.46. The van der Waals surface area contributed by atoms with Crippen LogP contribution < -0.4 is 0 Å². The number of allylic oxidation sites excluding steroid dienone is 1. The van der Waals surface area contributed by atoms with E-state index in [1.165, 1.54) is 0 Å². The Morgan fingerprint density at radius 3 is 1.80 bits per heavy atom. The summed E-state index contributed by atoms with van der Waals surface area (Å²) in [5.74, 6) is 0. The molecule has 0 unspecified atom stereocenters. The summed E-state index contributed by atoms with van der Waals surface area (Å²) in [6, 6.07) is 10.2. The standard InChI is InChI=1S/C16H26O3Si/c1-5-16(14-15-12-10-9-11-13-15)20(17-6-2,18-7-3)19-8-4/h9-14H,5-8H2,1-4H3/b16-14+. The first-order valence-corrected chi connectivity index (χ1v) is 9.12. The third-order valence-electron chi connectivity index (χ3n) is 2.92. The van der Waals surface area contributed by atoms with Gasteiger partial charge >= 0.3 is 8.80 Å². The Bertz CT molecular complexity index is 386. The molecule has 0 radical (unpaired) electrons. The molecule has 0 aliphatic heterocycles. The van der Waals surface area contributed by atoms with Gasteiger partial charge in [-0.3, -0.25) is 0 Å². The molecule has 0 saturated heterocycles. The normalized spacial score (nSPS) is 12.7. The van der Waals surface area contributed by atoms with Gasteiger partial charge in [-0.05, 0) is 32.8 Å². The van der Waals surface area contributed by atoms with E-state index in [2.05, 4.69) is 25.1 Å². The first-order chi connectivity index (χ1) is 9.72. The van der Waals surface area contributed by atoms with Gasteiger partial charge in [-0.25, -0.2) is 0 Å². The minimum Gasteiger partial charge on any atom is -0.370 e. The molecule has 4 heteroatoms. The van der Waals surface area contributed by atoms with Crippen molar-refractivity contribution in [2.75, 3.05) is 19.8 Å². The Morgan fingerprint density at radius 1 is 0.900 bits per heavy atom. The van der Waals surface area contributed by atoms with Crippen LogP contribution in [0.3, 0.4) is 0 Å². The van der Waals surface area contributed by atoms with Gasteiger partial charge in [0.05, 0.1) is 0 Å². The molecular weight excluding hydrogens is 268 g/mol. The quantitative estimate of drug-likeness (QED) is 0.643. The minimum absolute atomic E-state index is 0.596. The number of hydrogen-bond donors (Lipinski definition) is 0. The molecular formula is C16H26O3Si. The van der Waals surface area contributed by atoms with E-state index in [0.29, 0.717) is 19.8 Å². The predicted octanol–water partition coefficient (Wildman–Crippen LogP) is 4.07. The molecule has 0 aromatic heterocycles. The lowest BCUT2D eigenvalue weighted by atomic mass is 10.2. The first kappa shape index (κ1) is 17.1. The van der Waals surface area contributed by atoms with Gasteiger partial charge in [0.15, 0.2) is 0 Å². The topological polar surface area (TPSA) is 27.7 Å². The van der Waals surface area contributed by atoms with E-state index in [9.17, 15) is 0 Å². The highest BCUT2D eigenvalue weighted by Crippen LogP contribution is 2.25. The smallest absolute Gasteiger partial charge is 0.370 e. The fourth-order valence-electron chi connectivity index (χ4n) is 2.13. The minimum atomic E-state index is -2.75. The third-order valence-corrected chi connectivity index (χ3v) is 6.21. The van der Waals surface area contributed by atoms with Gasteiger partial charge < -0.3 is 13.3 Å². The van der Waals surface area contributed by atoms with Crippen molar-refractivity contribution >= 4 is 14.9 Å². The van der Waals surface area contributed by atoms with Crippen LogP contribution >= 0.6 is 0 Å². The first-order valence-electron chi connectivity index (χ1n) is 7.40. The van der Waals surface area contributed by atoms with Crippen LogP contribution in [0.2, 0.25) is 0 Å². The van der Waals surface area contributed by atoms with Crippen molar-refractivity contribution in [3.05, 3.63) is 41.1 Å². The molecule has 0 heterocycles. The van der Waals surface area contributed by atoms with Crippen LogP contribution in [0.4, 0.5) is 0 Å². The van der Waals surface area contributed by atoms with Crippen LogP contribution in [0.1, 0.15) is 39.7 Å². The zero-order valence-corrected chi connectivity index (χ0v) is 14.0. The van der Waals surface area contributed by atoms with Gasteiger partial charge in [0, 0.05) is 25.0 Å². The SMILES string of the molecule is CCO[Si](OCC)(OCC)/C(=C/c1ccccc1)CC. The molecule has 0 amide bonds. The van der Waals surface area contributed by atoms with Crippen molar-refractivity contribution in [1.82, 2.24) is 0 Å². The fraction of sp³-hybridized carbons (Fsp3) is 0.500. The summed E-state index contributed by atoms with van der Waals surface area (Å²) in [6.45, 7) is 9.85. The Hall–Kier alpha value is -0.943. The van der Waals surface area contributed by atoms with E-state index in [0.717, 1.165) is 17.2 Å². The number of hydrogen-bond acceptors (Lipinski definition) is 3. The van der Waals surface area contributed by atoms with Crippen molar-refractivity contribution in [3.8, 4) is 0 Å². The fourth-order valence-corrected chi connectivity index (χ4v) is 4.85. The average molecular weight is 294 g/mol. The van der Waals surface area contributed by atoms with Gasteiger partial charge in [0.2, 0.25) is 0 Å². The van der Waals surface area contributed by atoms with Crippen molar-refractivity contribution in [1.29, 1.82) is 0 Å². The molecule has 1 rings (SSSR count). The molecule has 1 aromatic carbocycles. The summed E-state index contributed by atoms with van der Waals surface area (Å²) in [7, 11) is -2.75. The Balaban J connectivity index is 3.15. The molecule has 0 aliphatic carbocycles. The summed E-state index contributed by atoms with van der Waals surface area (Å²) in [5.41, 5.74) is 1.15. The predicted molar refractivity (Wildman–Crippen MR) is 85.3 cm³/mol. The van der Waals surface area contributed by atoms with Crippen molar-refractivity contribution in [2.24, 2.45) is 0 Å². The molecule has 0 fully saturated rings. The molecule has 0 N–H and O–H groups in total. The molecule has 0 aliphatic rings. The molecule has 3 nitrogen and oxygen atoms in total. The van der Waals surface area contributed by atoms with Crippen LogP contribution in [0.5, 0.6) is 0 Å². The lowest BCUT2D eigenvalue weighted by Gasteiger charge is -2.30. The maximum Gasteiger partial charge on any atom is 0.532 e. The molecule has 0 atom stereocenters. The van der Waals surface area contributed by atoms with Crippen molar-refractivity contribution in [3.63, 3.8) is 0 Å². The molecule has 20 heavy (non-hydrogen) atoms. The summed E-state index contributed by atoms with van der Waals surface area (Å²) < 4.78 is 17.9. The van der Waals surface area contributed by atoms with Gasteiger partial charge in [0.25, 0.3) is 0 Å². The summed E-state index contributed by atoms with van der Waals surface area (Å²) in [6.07, 6.45) is 3.01. The summed E-state index contributed by atoms with van der Waals surface area (Å²) in [5, 5.41) is 1.13. The highest BCUT2D eigenvalue weighted by Gasteiger charge is 2.44. The Kier molecular flexibility index (Phi) is 7.77. The number of benzene rings is 1. The van der Waals surface area contributed by atoms with Gasteiger partial charge in [-0.1, -0.05) is 43.3 Å². The van der Waals surface area contributed by atoms with E-state index in [1.54, 1.807) is 0 Å². The van der Waals surface area contributed by atoms with Crippen LogP contribution in [0.15, 0.2) is 35.5 Å². The molecule has 0 spiro atoms.